The lowest BCUT2D eigenvalue weighted by Gasteiger charge is -2.33. The van der Waals surface area contributed by atoms with Crippen LogP contribution < -0.4 is 5.56 Å². The van der Waals surface area contributed by atoms with Crippen LogP contribution in [-0.2, 0) is 13.0 Å². The number of aromatic amines is 2. The van der Waals surface area contributed by atoms with Crippen LogP contribution >= 0.6 is 12.2 Å². The summed E-state index contributed by atoms with van der Waals surface area (Å²) in [4.78, 5) is 21.2. The Morgan fingerprint density at radius 1 is 1.30 bits per heavy atom. The van der Waals surface area contributed by atoms with Crippen LogP contribution in [0.15, 0.2) is 29.1 Å². The van der Waals surface area contributed by atoms with Crippen LogP contribution in [0.5, 0.6) is 5.88 Å². The van der Waals surface area contributed by atoms with E-state index >= 15 is 0 Å². The number of unbranched alkanes of at least 4 members (excludes halogenated alkanes) is 1. The molecule has 1 atom stereocenters. The number of fused-ring (bicyclic) bond motifs is 3. The number of aromatic nitrogens is 3. The summed E-state index contributed by atoms with van der Waals surface area (Å²) in [7, 11) is 1.98. The van der Waals surface area contributed by atoms with Crippen molar-refractivity contribution in [3.8, 4) is 5.88 Å². The van der Waals surface area contributed by atoms with Gasteiger partial charge in [-0.25, -0.2) is 0 Å². The number of hydrogen-bond donors (Lipinski definition) is 3. The van der Waals surface area contributed by atoms with Crippen LogP contribution in [-0.4, -0.2) is 38.1 Å². The molecule has 4 rings (SSSR count). The number of aromatic hydroxyl groups is 1. The summed E-state index contributed by atoms with van der Waals surface area (Å²) in [6, 6.07) is 7.83. The summed E-state index contributed by atoms with van der Waals surface area (Å²) >= 11 is 5.29. The maximum atomic E-state index is 12.8. The van der Waals surface area contributed by atoms with E-state index in [-0.39, 0.29) is 22.3 Å². The molecule has 0 bridgehead atoms. The highest BCUT2D eigenvalue weighted by molar-refractivity contribution is 7.71. The van der Waals surface area contributed by atoms with Gasteiger partial charge in [0.2, 0.25) is 5.88 Å². The fraction of sp³-hybridized carbons (Fsp3) is 0.400. The average Bonchev–Trinajstić information content (AvgIpc) is 3.02. The molecular weight excluding hydrogens is 360 g/mol. The fourth-order valence-electron chi connectivity index (χ4n) is 4.07. The Morgan fingerprint density at radius 2 is 2.07 bits per heavy atom. The van der Waals surface area contributed by atoms with Crippen molar-refractivity contribution in [2.75, 3.05) is 13.6 Å². The number of benzene rings is 1. The molecule has 3 heterocycles. The van der Waals surface area contributed by atoms with Crippen LogP contribution in [0.25, 0.3) is 10.9 Å². The average molecular weight is 385 g/mol. The van der Waals surface area contributed by atoms with E-state index in [4.69, 9.17) is 12.2 Å². The van der Waals surface area contributed by atoms with Crippen LogP contribution in [0.4, 0.5) is 0 Å². The largest absolute Gasteiger partial charge is 0.494 e. The maximum absolute atomic E-state index is 12.8. The van der Waals surface area contributed by atoms with E-state index in [2.05, 4.69) is 27.9 Å². The Balaban J connectivity index is 1.94. The molecule has 0 saturated heterocycles. The molecule has 6 nitrogen and oxygen atoms in total. The van der Waals surface area contributed by atoms with Gasteiger partial charge in [0.15, 0.2) is 4.77 Å². The van der Waals surface area contributed by atoms with Crippen LogP contribution in [0.1, 0.15) is 42.6 Å². The summed E-state index contributed by atoms with van der Waals surface area (Å²) in [5.41, 5.74) is 3.28. The Labute approximate surface area is 162 Å². The Hall–Kier alpha value is -2.38. The number of para-hydroxylation sites is 1. The highest BCUT2D eigenvalue weighted by atomic mass is 32.1. The third kappa shape index (κ3) is 2.91. The van der Waals surface area contributed by atoms with E-state index in [1.807, 2.05) is 25.2 Å². The van der Waals surface area contributed by atoms with E-state index in [9.17, 15) is 9.90 Å². The minimum atomic E-state index is -0.339. The summed E-state index contributed by atoms with van der Waals surface area (Å²) in [6.07, 6.45) is 2.76. The molecule has 0 aliphatic carbocycles. The van der Waals surface area contributed by atoms with Crippen molar-refractivity contribution in [2.24, 2.45) is 0 Å². The molecule has 27 heavy (non-hydrogen) atoms. The zero-order chi connectivity index (χ0) is 19.1. The smallest absolute Gasteiger partial charge is 0.260 e. The summed E-state index contributed by atoms with van der Waals surface area (Å²) < 4.78 is 1.91. The first-order valence-electron chi connectivity index (χ1n) is 9.38. The topological polar surface area (TPSA) is 77.1 Å². The number of hydrogen-bond acceptors (Lipinski definition) is 4. The third-order valence-electron chi connectivity index (χ3n) is 5.49. The third-order valence-corrected chi connectivity index (χ3v) is 5.81. The van der Waals surface area contributed by atoms with Gasteiger partial charge in [-0.2, -0.15) is 0 Å². The van der Waals surface area contributed by atoms with Gasteiger partial charge in [0.25, 0.3) is 5.56 Å². The molecule has 1 aromatic carbocycles. The molecule has 2 aromatic heterocycles. The van der Waals surface area contributed by atoms with Crippen molar-refractivity contribution in [2.45, 2.75) is 38.8 Å². The first-order valence-corrected chi connectivity index (χ1v) is 9.79. The Morgan fingerprint density at radius 3 is 2.85 bits per heavy atom. The van der Waals surface area contributed by atoms with Gasteiger partial charge in [-0.15, -0.1) is 0 Å². The molecule has 142 valence electrons. The molecule has 0 saturated carbocycles. The van der Waals surface area contributed by atoms with Crippen molar-refractivity contribution in [1.82, 2.24) is 19.4 Å². The number of nitrogens with one attached hydrogen (secondary N) is 2. The number of rotatable bonds is 4. The number of nitrogens with zero attached hydrogens (tertiary/aromatic N) is 2. The highest BCUT2D eigenvalue weighted by Gasteiger charge is 2.34. The first-order chi connectivity index (χ1) is 13.0. The van der Waals surface area contributed by atoms with Gasteiger partial charge in [0.05, 0.1) is 6.04 Å². The summed E-state index contributed by atoms with van der Waals surface area (Å²) in [5, 5.41) is 12.2. The zero-order valence-electron chi connectivity index (χ0n) is 15.6. The van der Waals surface area contributed by atoms with Gasteiger partial charge in [-0.05, 0) is 43.7 Å². The molecule has 0 radical (unpaired) electrons. The molecule has 0 spiro atoms. The second kappa shape index (κ2) is 6.98. The number of likely N-dealkylation sites (N-methyl/N-ethyl adjacent to an activating group) is 1. The molecule has 0 amide bonds. The maximum Gasteiger partial charge on any atom is 0.260 e. The molecule has 1 aliphatic rings. The predicted molar refractivity (Wildman–Crippen MR) is 109 cm³/mol. The lowest BCUT2D eigenvalue weighted by atomic mass is 9.94. The van der Waals surface area contributed by atoms with Crippen LogP contribution in [0.2, 0.25) is 0 Å². The van der Waals surface area contributed by atoms with Crippen LogP contribution in [0, 0.1) is 4.77 Å². The predicted octanol–water partition coefficient (Wildman–Crippen LogP) is 3.47. The van der Waals surface area contributed by atoms with Gasteiger partial charge >= 0.3 is 0 Å². The van der Waals surface area contributed by atoms with E-state index in [0.29, 0.717) is 12.1 Å². The van der Waals surface area contributed by atoms with E-state index in [1.54, 1.807) is 4.57 Å². The number of H-pyrrole nitrogens is 2. The van der Waals surface area contributed by atoms with Gasteiger partial charge in [0, 0.05) is 29.7 Å². The van der Waals surface area contributed by atoms with Crippen molar-refractivity contribution >= 4 is 23.1 Å². The second-order valence-corrected chi connectivity index (χ2v) is 7.58. The van der Waals surface area contributed by atoms with Crippen LogP contribution in [0.3, 0.4) is 0 Å². The van der Waals surface area contributed by atoms with Crippen molar-refractivity contribution in [1.29, 1.82) is 0 Å². The summed E-state index contributed by atoms with van der Waals surface area (Å²) in [5.74, 6) is -0.0273. The normalized spacial score (nSPS) is 17.3. The molecular formula is C20H24N4O2S. The molecule has 0 fully saturated rings. The monoisotopic (exact) mass is 384 g/mol. The summed E-state index contributed by atoms with van der Waals surface area (Å²) in [6.45, 7) is 3.48. The molecule has 1 unspecified atom stereocenters. The van der Waals surface area contributed by atoms with E-state index in [1.165, 1.54) is 10.9 Å². The minimum Gasteiger partial charge on any atom is -0.494 e. The first kappa shape index (κ1) is 18.0. The van der Waals surface area contributed by atoms with Crippen molar-refractivity contribution in [3.63, 3.8) is 0 Å². The van der Waals surface area contributed by atoms with E-state index in [0.717, 1.165) is 37.0 Å². The lowest BCUT2D eigenvalue weighted by Crippen LogP contribution is -2.36. The Kier molecular flexibility index (Phi) is 4.65. The SMILES string of the molecule is CCCCn1c(O)c(C2c3[nH]c4ccccc4c3CCN2C)c(=O)[nH]c1=S. The van der Waals surface area contributed by atoms with Gasteiger partial charge in [0.1, 0.15) is 5.56 Å². The lowest BCUT2D eigenvalue weighted by molar-refractivity contribution is 0.250. The van der Waals surface area contributed by atoms with Crippen molar-refractivity contribution < 1.29 is 5.11 Å². The second-order valence-electron chi connectivity index (χ2n) is 7.20. The molecule has 3 aromatic rings. The Bertz CT molecular complexity index is 1110. The van der Waals surface area contributed by atoms with Gasteiger partial charge < -0.3 is 10.1 Å². The quantitative estimate of drug-likeness (QED) is 0.602. The van der Waals surface area contributed by atoms with Crippen molar-refractivity contribution in [3.05, 3.63) is 56.2 Å². The fourth-order valence-corrected chi connectivity index (χ4v) is 4.34. The van der Waals surface area contributed by atoms with Gasteiger partial charge in [-0.1, -0.05) is 31.5 Å². The highest BCUT2D eigenvalue weighted by Crippen LogP contribution is 2.38. The molecule has 7 heteroatoms. The molecule has 1 aliphatic heterocycles. The standard InChI is InChI=1S/C20H24N4O2S/c1-3-4-10-24-19(26)15(18(25)22-20(24)27)17-16-13(9-11-23(17)2)12-7-5-6-8-14(12)21-16/h5-8,17,21,26H,3-4,9-11H2,1-2H3,(H,22,25,27). The minimum absolute atomic E-state index is 0.0273. The van der Waals surface area contributed by atoms with Gasteiger partial charge in [-0.3, -0.25) is 19.2 Å². The molecule has 3 N–H and O–H groups in total. The van der Waals surface area contributed by atoms with E-state index < -0.39 is 0 Å². The zero-order valence-corrected chi connectivity index (χ0v) is 16.4.